The second-order valence-corrected chi connectivity index (χ2v) is 10.3. The highest BCUT2D eigenvalue weighted by Gasteiger charge is 2.17. The molecule has 0 saturated heterocycles. The summed E-state index contributed by atoms with van der Waals surface area (Å²) in [5.74, 6) is -0.111. The molecule has 3 N–H and O–H groups in total. The van der Waals surface area contributed by atoms with E-state index in [0.717, 1.165) is 27.5 Å². The number of amides is 1. The van der Waals surface area contributed by atoms with Crippen molar-refractivity contribution in [2.24, 2.45) is 0 Å². The van der Waals surface area contributed by atoms with Gasteiger partial charge in [-0.25, -0.2) is 4.98 Å². The molecule has 0 aliphatic carbocycles. The molecular formula is C25H21ClN4OS3. The lowest BCUT2D eigenvalue weighted by atomic mass is 10.2. The summed E-state index contributed by atoms with van der Waals surface area (Å²) in [6.45, 7) is 1.87. The zero-order chi connectivity index (χ0) is 23.9. The minimum absolute atomic E-state index is 0.111. The number of hydrogen-bond donors (Lipinski definition) is 3. The third-order valence-corrected chi connectivity index (χ3v) is 7.11. The number of aromatic nitrogens is 1. The van der Waals surface area contributed by atoms with Crippen LogP contribution in [0, 0.1) is 0 Å². The first-order valence-electron chi connectivity index (χ1n) is 10.4. The lowest BCUT2D eigenvalue weighted by molar-refractivity contribution is -0.115. The highest BCUT2D eigenvalue weighted by Crippen LogP contribution is 2.31. The fourth-order valence-corrected chi connectivity index (χ4v) is 5.07. The fourth-order valence-electron chi connectivity index (χ4n) is 3.02. The van der Waals surface area contributed by atoms with Gasteiger partial charge in [0, 0.05) is 32.2 Å². The summed E-state index contributed by atoms with van der Waals surface area (Å²) in [5, 5.41) is 12.5. The van der Waals surface area contributed by atoms with Crippen molar-refractivity contribution in [1.29, 1.82) is 0 Å². The maximum Gasteiger partial charge on any atom is 0.239 e. The normalized spacial score (nSPS) is 11.5. The summed E-state index contributed by atoms with van der Waals surface area (Å²) in [6, 6.07) is 25.0. The van der Waals surface area contributed by atoms with Crippen LogP contribution in [0.1, 0.15) is 6.92 Å². The average Bonchev–Trinajstić information content (AvgIpc) is 3.29. The van der Waals surface area contributed by atoms with Crippen molar-refractivity contribution in [3.63, 3.8) is 0 Å². The number of hydrogen-bond acceptors (Lipinski definition) is 5. The van der Waals surface area contributed by atoms with Gasteiger partial charge in [-0.05, 0) is 61.6 Å². The third-order valence-electron chi connectivity index (χ3n) is 4.71. The minimum atomic E-state index is -0.299. The smallest absolute Gasteiger partial charge is 0.239 e. The lowest BCUT2D eigenvalue weighted by Gasteiger charge is -2.12. The van der Waals surface area contributed by atoms with Gasteiger partial charge in [-0.2, -0.15) is 0 Å². The van der Waals surface area contributed by atoms with Crippen LogP contribution < -0.4 is 16.0 Å². The Morgan fingerprint density at radius 3 is 2.29 bits per heavy atom. The van der Waals surface area contributed by atoms with Crippen LogP contribution in [0.5, 0.6) is 0 Å². The Kier molecular flexibility index (Phi) is 8.18. The number of carbonyl (C=O) groups excluding carboxylic acids is 1. The fraction of sp³-hybridized carbons (Fsp3) is 0.0800. The Morgan fingerprint density at radius 1 is 0.941 bits per heavy atom. The minimum Gasteiger partial charge on any atom is -0.332 e. The van der Waals surface area contributed by atoms with Crippen molar-refractivity contribution in [2.45, 2.75) is 17.1 Å². The molecule has 0 aliphatic rings. The van der Waals surface area contributed by atoms with E-state index in [0.29, 0.717) is 15.3 Å². The van der Waals surface area contributed by atoms with Crippen LogP contribution in [0.4, 0.5) is 16.5 Å². The summed E-state index contributed by atoms with van der Waals surface area (Å²) in [4.78, 5) is 18.2. The molecule has 9 heteroatoms. The molecule has 4 aromatic rings. The van der Waals surface area contributed by atoms with Crippen molar-refractivity contribution in [3.05, 3.63) is 89.3 Å². The molecular weight excluding hydrogens is 504 g/mol. The molecule has 0 spiro atoms. The van der Waals surface area contributed by atoms with Crippen molar-refractivity contribution < 1.29 is 4.79 Å². The molecule has 1 atom stereocenters. The number of halogens is 1. The summed E-state index contributed by atoms with van der Waals surface area (Å²) >= 11 is 14.5. The van der Waals surface area contributed by atoms with Crippen LogP contribution in [0.25, 0.3) is 11.3 Å². The van der Waals surface area contributed by atoms with E-state index in [1.165, 1.54) is 23.1 Å². The Morgan fingerprint density at radius 2 is 1.59 bits per heavy atom. The van der Waals surface area contributed by atoms with Crippen molar-refractivity contribution >= 4 is 74.4 Å². The third kappa shape index (κ3) is 6.57. The summed E-state index contributed by atoms with van der Waals surface area (Å²) in [5.41, 5.74) is 3.38. The van der Waals surface area contributed by atoms with Crippen LogP contribution in [-0.2, 0) is 4.79 Å². The van der Waals surface area contributed by atoms with Gasteiger partial charge in [0.1, 0.15) is 0 Å². The van der Waals surface area contributed by atoms with Crippen molar-refractivity contribution in [2.75, 3.05) is 16.0 Å². The molecule has 0 radical (unpaired) electrons. The molecule has 5 nitrogen and oxygen atoms in total. The monoisotopic (exact) mass is 524 g/mol. The molecule has 1 unspecified atom stereocenters. The number of nitrogens with zero attached hydrogens (tertiary/aromatic N) is 1. The molecule has 34 heavy (non-hydrogen) atoms. The van der Waals surface area contributed by atoms with Gasteiger partial charge < -0.3 is 16.0 Å². The van der Waals surface area contributed by atoms with E-state index in [4.69, 9.17) is 23.8 Å². The quantitative estimate of drug-likeness (QED) is 0.173. The zero-order valence-corrected chi connectivity index (χ0v) is 21.3. The van der Waals surface area contributed by atoms with Crippen LogP contribution in [0.3, 0.4) is 0 Å². The maximum absolute atomic E-state index is 12.7. The molecule has 0 bridgehead atoms. The number of para-hydroxylation sites is 1. The van der Waals surface area contributed by atoms with Crippen molar-refractivity contribution in [1.82, 2.24) is 4.98 Å². The molecule has 1 heterocycles. The van der Waals surface area contributed by atoms with E-state index in [1.54, 1.807) is 0 Å². The number of thioether (sulfide) groups is 1. The van der Waals surface area contributed by atoms with Gasteiger partial charge in [0.05, 0.1) is 10.9 Å². The predicted octanol–water partition coefficient (Wildman–Crippen LogP) is 7.39. The highest BCUT2D eigenvalue weighted by molar-refractivity contribution is 8.00. The number of benzene rings is 3. The number of carbonyl (C=O) groups is 1. The Labute approximate surface area is 217 Å². The number of thiazole rings is 1. The molecule has 3 aromatic carbocycles. The number of rotatable bonds is 7. The summed E-state index contributed by atoms with van der Waals surface area (Å²) in [7, 11) is 0. The van der Waals surface area contributed by atoms with Gasteiger partial charge in [-0.15, -0.1) is 23.1 Å². The Balaban J connectivity index is 1.29. The van der Waals surface area contributed by atoms with Crippen LogP contribution in [0.2, 0.25) is 5.02 Å². The van der Waals surface area contributed by atoms with Gasteiger partial charge >= 0.3 is 0 Å². The van der Waals surface area contributed by atoms with Gasteiger partial charge in [0.15, 0.2) is 10.2 Å². The highest BCUT2D eigenvalue weighted by atomic mass is 35.5. The maximum atomic E-state index is 12.7. The Hall–Kier alpha value is -2.91. The largest absolute Gasteiger partial charge is 0.332 e. The first-order chi connectivity index (χ1) is 16.5. The average molecular weight is 525 g/mol. The Bertz CT molecular complexity index is 1280. The first kappa shape index (κ1) is 24.2. The van der Waals surface area contributed by atoms with E-state index in [1.807, 2.05) is 91.2 Å². The molecule has 1 aromatic heterocycles. The van der Waals surface area contributed by atoms with E-state index >= 15 is 0 Å². The molecule has 0 saturated carbocycles. The molecule has 0 aliphatic heterocycles. The standard InChI is InChI=1S/C25H21ClN4OS3/c1-16(23(31)30-25-29-22(15-33-25)20-9-5-6-10-21(20)26)34-19-13-11-18(12-14-19)28-24(32)27-17-7-3-2-4-8-17/h2-16H,1H3,(H2,27,28,32)(H,29,30,31). The predicted molar refractivity (Wildman–Crippen MR) is 149 cm³/mol. The molecule has 4 rings (SSSR count). The first-order valence-corrected chi connectivity index (χ1v) is 12.9. The second kappa shape index (κ2) is 11.5. The number of thiocarbonyl (C=S) groups is 1. The summed E-state index contributed by atoms with van der Waals surface area (Å²) < 4.78 is 0. The molecule has 172 valence electrons. The van der Waals surface area contributed by atoms with E-state index in [9.17, 15) is 4.79 Å². The van der Waals surface area contributed by atoms with E-state index < -0.39 is 0 Å². The van der Waals surface area contributed by atoms with Crippen LogP contribution in [0.15, 0.2) is 89.1 Å². The van der Waals surface area contributed by atoms with E-state index in [2.05, 4.69) is 20.9 Å². The van der Waals surface area contributed by atoms with Gasteiger partial charge in [-0.3, -0.25) is 4.79 Å². The number of nitrogens with one attached hydrogen (secondary N) is 3. The second-order valence-electron chi connectivity index (χ2n) is 7.24. The van der Waals surface area contributed by atoms with Crippen LogP contribution in [-0.4, -0.2) is 21.3 Å². The topological polar surface area (TPSA) is 66.0 Å². The SMILES string of the molecule is CC(Sc1ccc(NC(=S)Nc2ccccc2)cc1)C(=O)Nc1nc(-c2ccccc2Cl)cs1. The molecule has 0 fully saturated rings. The van der Waals surface area contributed by atoms with Gasteiger partial charge in [-0.1, -0.05) is 48.0 Å². The zero-order valence-electron chi connectivity index (χ0n) is 18.1. The summed E-state index contributed by atoms with van der Waals surface area (Å²) in [6.07, 6.45) is 0. The van der Waals surface area contributed by atoms with Crippen molar-refractivity contribution in [3.8, 4) is 11.3 Å². The number of anilines is 3. The van der Waals surface area contributed by atoms with Gasteiger partial charge in [0.25, 0.3) is 0 Å². The van der Waals surface area contributed by atoms with Gasteiger partial charge in [0.2, 0.25) is 5.91 Å². The molecule has 1 amide bonds. The lowest BCUT2D eigenvalue weighted by Crippen LogP contribution is -2.22. The van der Waals surface area contributed by atoms with Crippen LogP contribution >= 0.6 is 46.9 Å². The van der Waals surface area contributed by atoms with E-state index in [-0.39, 0.29) is 11.2 Å².